The molecule has 0 unspecified atom stereocenters. The van der Waals surface area contributed by atoms with Gasteiger partial charge in [0.15, 0.2) is 0 Å². The molecule has 0 aliphatic heterocycles. The number of hydrogen-bond donors (Lipinski definition) is 1. The monoisotopic (exact) mass is 301 g/mol. The molecule has 0 fully saturated rings. The fourth-order valence-corrected chi connectivity index (χ4v) is 2.44. The topological polar surface area (TPSA) is 58.4 Å². The van der Waals surface area contributed by atoms with Gasteiger partial charge >= 0.3 is 6.03 Å². The fraction of sp³-hybridized carbons (Fsp3) is 0.412. The van der Waals surface area contributed by atoms with Crippen LogP contribution in [0.3, 0.4) is 0 Å². The Morgan fingerprint density at radius 1 is 1.32 bits per heavy atom. The highest BCUT2D eigenvalue weighted by atomic mass is 16.5. The molecule has 0 atom stereocenters. The number of nitrogens with one attached hydrogen (secondary N) is 1. The number of nitrogens with zero attached hydrogens (tertiary/aromatic N) is 2. The van der Waals surface area contributed by atoms with Gasteiger partial charge in [-0.05, 0) is 38.3 Å². The molecule has 0 spiro atoms. The van der Waals surface area contributed by atoms with Gasteiger partial charge in [0.25, 0.3) is 0 Å². The quantitative estimate of drug-likeness (QED) is 0.933. The SMILES string of the molecule is CCc1cccc(C)c1NC(=O)N(C)Cc1c(C)noc1C. The van der Waals surface area contributed by atoms with Crippen molar-refractivity contribution in [3.05, 3.63) is 46.3 Å². The number of carbonyl (C=O) groups excluding carboxylic acids is 1. The highest BCUT2D eigenvalue weighted by Gasteiger charge is 2.16. The van der Waals surface area contributed by atoms with Crippen molar-refractivity contribution in [1.82, 2.24) is 10.1 Å². The van der Waals surface area contributed by atoms with E-state index < -0.39 is 0 Å². The van der Waals surface area contributed by atoms with E-state index in [-0.39, 0.29) is 6.03 Å². The minimum atomic E-state index is -0.135. The Hall–Kier alpha value is -2.30. The van der Waals surface area contributed by atoms with Gasteiger partial charge in [-0.15, -0.1) is 0 Å². The molecule has 1 heterocycles. The lowest BCUT2D eigenvalue weighted by Crippen LogP contribution is -2.31. The molecule has 0 aliphatic carbocycles. The van der Waals surface area contributed by atoms with E-state index >= 15 is 0 Å². The van der Waals surface area contributed by atoms with Crippen molar-refractivity contribution in [1.29, 1.82) is 0 Å². The smallest absolute Gasteiger partial charge is 0.321 e. The predicted octanol–water partition coefficient (Wildman–Crippen LogP) is 3.83. The number of carbonyl (C=O) groups is 1. The van der Waals surface area contributed by atoms with Gasteiger partial charge in [-0.25, -0.2) is 4.79 Å². The van der Waals surface area contributed by atoms with Gasteiger partial charge in [0.05, 0.1) is 12.2 Å². The Morgan fingerprint density at radius 3 is 2.64 bits per heavy atom. The molecular formula is C17H23N3O2. The number of aryl methyl sites for hydroxylation is 4. The van der Waals surface area contributed by atoms with Gasteiger partial charge in [-0.1, -0.05) is 30.3 Å². The van der Waals surface area contributed by atoms with E-state index in [0.29, 0.717) is 6.54 Å². The van der Waals surface area contributed by atoms with Crippen LogP contribution in [0.15, 0.2) is 22.7 Å². The Kier molecular flexibility index (Phi) is 4.85. The molecular weight excluding hydrogens is 278 g/mol. The summed E-state index contributed by atoms with van der Waals surface area (Å²) in [5.41, 5.74) is 4.89. The molecule has 0 bridgehead atoms. The van der Waals surface area contributed by atoms with Crippen molar-refractivity contribution in [2.24, 2.45) is 0 Å². The van der Waals surface area contributed by atoms with Crippen molar-refractivity contribution in [3.8, 4) is 0 Å². The summed E-state index contributed by atoms with van der Waals surface area (Å²) >= 11 is 0. The van der Waals surface area contributed by atoms with Gasteiger partial charge in [0, 0.05) is 18.3 Å². The van der Waals surface area contributed by atoms with E-state index in [1.165, 1.54) is 0 Å². The molecule has 2 amide bonds. The van der Waals surface area contributed by atoms with Crippen LogP contribution in [0.1, 0.15) is 35.1 Å². The first-order chi connectivity index (χ1) is 10.4. The highest BCUT2D eigenvalue weighted by molar-refractivity contribution is 5.91. The Balaban J connectivity index is 2.13. The number of amides is 2. The minimum absolute atomic E-state index is 0.135. The summed E-state index contributed by atoms with van der Waals surface area (Å²) in [6.45, 7) is 8.30. The van der Waals surface area contributed by atoms with E-state index in [1.807, 2.05) is 39.0 Å². The van der Waals surface area contributed by atoms with Crippen molar-refractivity contribution in [3.63, 3.8) is 0 Å². The number of para-hydroxylation sites is 1. The number of aromatic nitrogens is 1. The average molecular weight is 301 g/mol. The minimum Gasteiger partial charge on any atom is -0.361 e. The first-order valence-corrected chi connectivity index (χ1v) is 7.46. The molecule has 5 heteroatoms. The predicted molar refractivity (Wildman–Crippen MR) is 87.0 cm³/mol. The lowest BCUT2D eigenvalue weighted by atomic mass is 10.1. The van der Waals surface area contributed by atoms with Crippen LogP contribution < -0.4 is 5.32 Å². The average Bonchev–Trinajstić information content (AvgIpc) is 2.81. The second-order valence-electron chi connectivity index (χ2n) is 5.55. The first-order valence-electron chi connectivity index (χ1n) is 7.46. The van der Waals surface area contributed by atoms with Gasteiger partial charge < -0.3 is 14.7 Å². The normalized spacial score (nSPS) is 10.6. The molecule has 118 valence electrons. The lowest BCUT2D eigenvalue weighted by Gasteiger charge is -2.20. The van der Waals surface area contributed by atoms with Crippen LogP contribution in [0.25, 0.3) is 0 Å². The molecule has 0 saturated heterocycles. The van der Waals surface area contributed by atoms with Crippen molar-refractivity contribution in [2.45, 2.75) is 40.7 Å². The zero-order chi connectivity index (χ0) is 16.3. The van der Waals surface area contributed by atoms with Crippen LogP contribution in [0.5, 0.6) is 0 Å². The summed E-state index contributed by atoms with van der Waals surface area (Å²) in [6.07, 6.45) is 0.880. The van der Waals surface area contributed by atoms with Crippen molar-refractivity contribution >= 4 is 11.7 Å². The van der Waals surface area contributed by atoms with Gasteiger partial charge in [-0.3, -0.25) is 0 Å². The van der Waals surface area contributed by atoms with Crippen LogP contribution >= 0.6 is 0 Å². The van der Waals surface area contributed by atoms with Crippen LogP contribution in [-0.4, -0.2) is 23.1 Å². The molecule has 22 heavy (non-hydrogen) atoms. The van der Waals surface area contributed by atoms with E-state index in [1.54, 1.807) is 11.9 Å². The number of urea groups is 1. The van der Waals surface area contributed by atoms with Crippen LogP contribution in [0.4, 0.5) is 10.5 Å². The van der Waals surface area contributed by atoms with Gasteiger partial charge in [0.2, 0.25) is 0 Å². The molecule has 1 aromatic carbocycles. The number of anilines is 1. The van der Waals surface area contributed by atoms with Crippen LogP contribution in [-0.2, 0) is 13.0 Å². The zero-order valence-corrected chi connectivity index (χ0v) is 13.9. The summed E-state index contributed by atoms with van der Waals surface area (Å²) < 4.78 is 5.14. The molecule has 5 nitrogen and oxygen atoms in total. The van der Waals surface area contributed by atoms with E-state index in [0.717, 1.165) is 40.3 Å². The molecule has 2 rings (SSSR count). The summed E-state index contributed by atoms with van der Waals surface area (Å²) in [4.78, 5) is 14.1. The molecule has 2 aromatic rings. The second kappa shape index (κ2) is 6.64. The lowest BCUT2D eigenvalue weighted by molar-refractivity contribution is 0.220. The number of rotatable bonds is 4. The first kappa shape index (κ1) is 16.1. The molecule has 0 radical (unpaired) electrons. The molecule has 1 aromatic heterocycles. The zero-order valence-electron chi connectivity index (χ0n) is 13.9. The van der Waals surface area contributed by atoms with Gasteiger partial charge in [-0.2, -0.15) is 0 Å². The summed E-state index contributed by atoms with van der Waals surface area (Å²) in [7, 11) is 1.77. The highest BCUT2D eigenvalue weighted by Crippen LogP contribution is 2.22. The third-order valence-electron chi connectivity index (χ3n) is 3.90. The number of hydrogen-bond acceptors (Lipinski definition) is 3. The maximum atomic E-state index is 12.4. The fourth-order valence-electron chi connectivity index (χ4n) is 2.44. The van der Waals surface area contributed by atoms with E-state index in [2.05, 4.69) is 17.4 Å². The van der Waals surface area contributed by atoms with Crippen LogP contribution in [0.2, 0.25) is 0 Å². The van der Waals surface area contributed by atoms with Crippen molar-refractivity contribution < 1.29 is 9.32 Å². The second-order valence-corrected chi connectivity index (χ2v) is 5.55. The third kappa shape index (κ3) is 3.30. The Morgan fingerprint density at radius 2 is 2.05 bits per heavy atom. The number of benzene rings is 1. The molecule has 0 aliphatic rings. The maximum absolute atomic E-state index is 12.4. The van der Waals surface area contributed by atoms with E-state index in [4.69, 9.17) is 4.52 Å². The Labute approximate surface area is 131 Å². The summed E-state index contributed by atoms with van der Waals surface area (Å²) in [5.74, 6) is 0.752. The third-order valence-corrected chi connectivity index (χ3v) is 3.90. The summed E-state index contributed by atoms with van der Waals surface area (Å²) in [5, 5.41) is 6.94. The van der Waals surface area contributed by atoms with Gasteiger partial charge in [0.1, 0.15) is 5.76 Å². The van der Waals surface area contributed by atoms with Crippen LogP contribution in [0, 0.1) is 20.8 Å². The van der Waals surface area contributed by atoms with E-state index in [9.17, 15) is 4.79 Å². The largest absolute Gasteiger partial charge is 0.361 e. The Bertz CT molecular complexity index is 657. The van der Waals surface area contributed by atoms with Crippen molar-refractivity contribution in [2.75, 3.05) is 12.4 Å². The molecule has 0 saturated carbocycles. The standard InChI is InChI=1S/C17H23N3O2/c1-6-14-9-7-8-11(2)16(14)18-17(21)20(5)10-15-12(3)19-22-13(15)4/h7-9H,6,10H2,1-5H3,(H,18,21). The summed E-state index contributed by atoms with van der Waals surface area (Å²) in [6, 6.07) is 5.92. The molecule has 1 N–H and O–H groups in total. The maximum Gasteiger partial charge on any atom is 0.321 e.